The van der Waals surface area contributed by atoms with Crippen molar-refractivity contribution in [2.75, 3.05) is 26.7 Å². The number of carbonyl (C=O) groups excluding carboxylic acids is 1. The van der Waals surface area contributed by atoms with E-state index < -0.39 is 0 Å². The summed E-state index contributed by atoms with van der Waals surface area (Å²) in [6.45, 7) is 3.30. The predicted molar refractivity (Wildman–Crippen MR) is 84.4 cm³/mol. The molecular formula is C15H18N4O2S. The molecule has 2 bridgehead atoms. The van der Waals surface area contributed by atoms with Crippen molar-refractivity contribution in [2.24, 2.45) is 5.92 Å². The molecule has 0 aliphatic carbocycles. The van der Waals surface area contributed by atoms with Gasteiger partial charge >= 0.3 is 0 Å². The van der Waals surface area contributed by atoms with Crippen LogP contribution >= 0.6 is 11.5 Å². The van der Waals surface area contributed by atoms with Crippen molar-refractivity contribution in [3.8, 4) is 5.88 Å². The molecule has 6 nitrogen and oxygen atoms in total. The summed E-state index contributed by atoms with van der Waals surface area (Å²) in [6, 6.07) is 3.87. The Hall–Kier alpha value is -1.73. The van der Waals surface area contributed by atoms with Crippen LogP contribution in [-0.2, 0) is 0 Å². The topological polar surface area (TPSA) is 67.3 Å². The lowest BCUT2D eigenvalue weighted by atomic mass is 9.84. The summed E-state index contributed by atoms with van der Waals surface area (Å²) in [7, 11) is 1.58. The zero-order chi connectivity index (χ0) is 15.1. The SMILES string of the molecule is COc1ccc2c(C(=O)NC3CN4CCC3CC4)nsc2n1. The molecule has 22 heavy (non-hydrogen) atoms. The number of piperidine rings is 3. The van der Waals surface area contributed by atoms with E-state index >= 15 is 0 Å². The number of ether oxygens (including phenoxy) is 1. The molecule has 2 aromatic rings. The van der Waals surface area contributed by atoms with E-state index in [1.165, 1.54) is 37.5 Å². The van der Waals surface area contributed by atoms with E-state index in [9.17, 15) is 4.79 Å². The van der Waals surface area contributed by atoms with Crippen LogP contribution in [0.3, 0.4) is 0 Å². The van der Waals surface area contributed by atoms with E-state index in [4.69, 9.17) is 4.74 Å². The number of rotatable bonds is 3. The molecule has 1 N–H and O–H groups in total. The highest BCUT2D eigenvalue weighted by Crippen LogP contribution is 2.28. The molecule has 3 aliphatic rings. The van der Waals surface area contributed by atoms with Crippen molar-refractivity contribution in [3.63, 3.8) is 0 Å². The smallest absolute Gasteiger partial charge is 0.271 e. The van der Waals surface area contributed by atoms with Gasteiger partial charge in [0.25, 0.3) is 5.91 Å². The van der Waals surface area contributed by atoms with E-state index in [-0.39, 0.29) is 11.9 Å². The summed E-state index contributed by atoms with van der Waals surface area (Å²) in [5.41, 5.74) is 0.478. The first-order valence-corrected chi connectivity index (χ1v) is 8.35. The van der Waals surface area contributed by atoms with Crippen molar-refractivity contribution in [1.82, 2.24) is 19.6 Å². The highest BCUT2D eigenvalue weighted by Gasteiger charge is 2.35. The van der Waals surface area contributed by atoms with Crippen LogP contribution in [0.25, 0.3) is 10.2 Å². The maximum absolute atomic E-state index is 12.6. The van der Waals surface area contributed by atoms with E-state index in [2.05, 4.69) is 19.6 Å². The number of hydrogen-bond acceptors (Lipinski definition) is 6. The molecule has 0 radical (unpaired) electrons. The number of amides is 1. The van der Waals surface area contributed by atoms with E-state index in [1.54, 1.807) is 13.2 Å². The molecule has 3 aliphatic heterocycles. The number of carbonyl (C=O) groups is 1. The Morgan fingerprint density at radius 2 is 2.23 bits per heavy atom. The Morgan fingerprint density at radius 3 is 2.91 bits per heavy atom. The van der Waals surface area contributed by atoms with Gasteiger partial charge in [-0.25, -0.2) is 4.98 Å². The fraction of sp³-hybridized carbons (Fsp3) is 0.533. The van der Waals surface area contributed by atoms with E-state index in [1.807, 2.05) is 6.07 Å². The summed E-state index contributed by atoms with van der Waals surface area (Å²) in [5, 5.41) is 3.97. The maximum atomic E-state index is 12.6. The third-order valence-corrected chi connectivity index (χ3v) is 5.47. The molecule has 1 amide bonds. The summed E-state index contributed by atoms with van der Waals surface area (Å²) in [5.74, 6) is 1.06. The molecular weight excluding hydrogens is 300 g/mol. The fourth-order valence-electron chi connectivity index (χ4n) is 3.45. The highest BCUT2D eigenvalue weighted by molar-refractivity contribution is 7.13. The molecule has 3 fully saturated rings. The minimum Gasteiger partial charge on any atom is -0.481 e. The first-order valence-electron chi connectivity index (χ1n) is 7.58. The van der Waals surface area contributed by atoms with E-state index in [0.29, 0.717) is 17.5 Å². The van der Waals surface area contributed by atoms with Crippen molar-refractivity contribution < 1.29 is 9.53 Å². The van der Waals surface area contributed by atoms with Gasteiger partial charge < -0.3 is 15.0 Å². The van der Waals surface area contributed by atoms with Gasteiger partial charge in [0.05, 0.1) is 7.11 Å². The molecule has 0 aromatic carbocycles. The molecule has 1 unspecified atom stereocenters. The normalized spacial score (nSPS) is 27.0. The average molecular weight is 318 g/mol. The molecule has 1 atom stereocenters. The van der Waals surface area contributed by atoms with Crippen LogP contribution in [0.2, 0.25) is 0 Å². The standard InChI is InChI=1S/C15H18N4O2S/c1-21-12-3-2-10-13(18-22-15(10)17-12)14(20)16-11-8-19-6-4-9(11)5-7-19/h2-3,9,11H,4-8H2,1H3,(H,16,20). The largest absolute Gasteiger partial charge is 0.481 e. The fourth-order valence-corrected chi connectivity index (χ4v) is 4.21. The van der Waals surface area contributed by atoms with Crippen LogP contribution in [-0.4, -0.2) is 53.0 Å². The molecule has 5 rings (SSSR count). The van der Waals surface area contributed by atoms with Crippen LogP contribution in [0, 0.1) is 5.92 Å². The number of pyridine rings is 1. The number of methoxy groups -OCH3 is 1. The lowest BCUT2D eigenvalue weighted by Crippen LogP contribution is -2.57. The average Bonchev–Trinajstić information content (AvgIpc) is 2.99. The van der Waals surface area contributed by atoms with Crippen LogP contribution < -0.4 is 10.1 Å². The number of fused-ring (bicyclic) bond motifs is 4. The lowest BCUT2D eigenvalue weighted by Gasteiger charge is -2.44. The van der Waals surface area contributed by atoms with Gasteiger partial charge in [-0.2, -0.15) is 4.37 Å². The Morgan fingerprint density at radius 1 is 1.41 bits per heavy atom. The highest BCUT2D eigenvalue weighted by atomic mass is 32.1. The van der Waals surface area contributed by atoms with Gasteiger partial charge in [0.2, 0.25) is 5.88 Å². The predicted octanol–water partition coefficient (Wildman–Crippen LogP) is 1.52. The van der Waals surface area contributed by atoms with Crippen LogP contribution in [0.5, 0.6) is 5.88 Å². The van der Waals surface area contributed by atoms with E-state index in [0.717, 1.165) is 16.8 Å². The van der Waals surface area contributed by atoms with Crippen LogP contribution in [0.4, 0.5) is 0 Å². The molecule has 7 heteroatoms. The summed E-state index contributed by atoms with van der Waals surface area (Å²) in [4.78, 5) is 20.1. The zero-order valence-electron chi connectivity index (χ0n) is 12.4. The van der Waals surface area contributed by atoms with Gasteiger partial charge in [0.1, 0.15) is 4.83 Å². The van der Waals surface area contributed by atoms with Crippen molar-refractivity contribution in [2.45, 2.75) is 18.9 Å². The molecule has 116 valence electrons. The first kappa shape index (κ1) is 13.9. The Kier molecular flexibility index (Phi) is 3.46. The van der Waals surface area contributed by atoms with Crippen molar-refractivity contribution in [3.05, 3.63) is 17.8 Å². The van der Waals surface area contributed by atoms with Gasteiger partial charge in [-0.3, -0.25) is 4.79 Å². The first-order chi connectivity index (χ1) is 10.7. The molecule has 5 heterocycles. The minimum atomic E-state index is -0.0861. The number of nitrogens with one attached hydrogen (secondary N) is 1. The maximum Gasteiger partial charge on any atom is 0.271 e. The van der Waals surface area contributed by atoms with Gasteiger partial charge in [-0.1, -0.05) is 0 Å². The number of nitrogens with zero attached hydrogens (tertiary/aromatic N) is 3. The van der Waals surface area contributed by atoms with Gasteiger partial charge in [0.15, 0.2) is 5.69 Å². The molecule has 0 saturated carbocycles. The third-order valence-electron chi connectivity index (χ3n) is 4.71. The van der Waals surface area contributed by atoms with Gasteiger partial charge in [-0.05, 0) is 49.4 Å². The quantitative estimate of drug-likeness (QED) is 0.929. The van der Waals surface area contributed by atoms with Crippen molar-refractivity contribution >= 4 is 27.7 Å². The monoisotopic (exact) mass is 318 g/mol. The number of aromatic nitrogens is 2. The second-order valence-corrected chi connectivity index (χ2v) is 6.71. The Labute approximate surface area is 132 Å². The Bertz CT molecular complexity index is 709. The summed E-state index contributed by atoms with van der Waals surface area (Å²) in [6.07, 6.45) is 2.36. The second-order valence-electron chi connectivity index (χ2n) is 5.96. The lowest BCUT2D eigenvalue weighted by molar-refractivity contribution is 0.0619. The van der Waals surface area contributed by atoms with Crippen LogP contribution in [0.1, 0.15) is 23.3 Å². The summed E-state index contributed by atoms with van der Waals surface area (Å²) >= 11 is 1.24. The zero-order valence-corrected chi connectivity index (χ0v) is 13.2. The molecule has 2 aromatic heterocycles. The van der Waals surface area contributed by atoms with Crippen LogP contribution in [0.15, 0.2) is 12.1 Å². The molecule has 0 spiro atoms. The summed E-state index contributed by atoms with van der Waals surface area (Å²) < 4.78 is 9.40. The Balaban J connectivity index is 1.55. The minimum absolute atomic E-state index is 0.0861. The van der Waals surface area contributed by atoms with Crippen molar-refractivity contribution in [1.29, 1.82) is 0 Å². The van der Waals surface area contributed by atoms with Gasteiger partial charge in [0, 0.05) is 24.0 Å². The third kappa shape index (κ3) is 2.34. The number of hydrogen-bond donors (Lipinski definition) is 1. The van der Waals surface area contributed by atoms with Gasteiger partial charge in [-0.15, -0.1) is 0 Å². The molecule has 3 saturated heterocycles. The second kappa shape index (κ2) is 5.48.